The van der Waals surface area contributed by atoms with Gasteiger partial charge in [0.1, 0.15) is 5.01 Å². The summed E-state index contributed by atoms with van der Waals surface area (Å²) in [6, 6.07) is 7.85. The molecule has 0 saturated carbocycles. The molecule has 0 N–H and O–H groups in total. The van der Waals surface area contributed by atoms with E-state index in [-0.39, 0.29) is 5.69 Å². The van der Waals surface area contributed by atoms with E-state index in [0.717, 1.165) is 5.56 Å². The van der Waals surface area contributed by atoms with Crippen LogP contribution in [0.3, 0.4) is 0 Å². The molecular weight excluding hydrogens is 352 g/mol. The minimum atomic E-state index is -0.470. The number of nitro groups is 1. The highest BCUT2D eigenvalue weighted by Crippen LogP contribution is 2.34. The van der Waals surface area contributed by atoms with Gasteiger partial charge in [-0.1, -0.05) is 22.9 Å². The van der Waals surface area contributed by atoms with E-state index in [4.69, 9.17) is 11.6 Å². The van der Waals surface area contributed by atoms with Crippen LogP contribution in [0.4, 0.5) is 5.69 Å². The first-order chi connectivity index (χ1) is 11.6. The molecule has 0 aliphatic heterocycles. The van der Waals surface area contributed by atoms with Crippen LogP contribution in [0.1, 0.15) is 0 Å². The van der Waals surface area contributed by atoms with Crippen molar-refractivity contribution in [1.29, 1.82) is 0 Å². The molecule has 0 radical (unpaired) electrons. The lowest BCUT2D eigenvalue weighted by Gasteiger charge is -2.00. The summed E-state index contributed by atoms with van der Waals surface area (Å²) in [6.45, 7) is 0. The average Bonchev–Trinajstić information content (AvgIpc) is 3.16. The minimum Gasteiger partial charge on any atom is -0.265 e. The third-order valence-electron chi connectivity index (χ3n) is 3.32. The maximum Gasteiger partial charge on any atom is 0.270 e. The number of hydrogen-bond donors (Lipinski definition) is 0. The molecule has 3 heterocycles. The Morgan fingerprint density at radius 3 is 2.71 bits per heavy atom. The standard InChI is InChI=1S/C14H7ClN6O2S/c15-11-2-1-9(21(22)23)7-10(11)13-19-20-12(17-18-14(20)24-13)8-3-5-16-6-4-8/h1-7H. The zero-order chi connectivity index (χ0) is 16.7. The predicted octanol–water partition coefficient (Wildman–Crippen LogP) is 3.48. The van der Waals surface area contributed by atoms with Crippen molar-refractivity contribution in [1.82, 2.24) is 24.8 Å². The van der Waals surface area contributed by atoms with E-state index in [9.17, 15) is 10.1 Å². The number of nitro benzene ring substituents is 1. The van der Waals surface area contributed by atoms with E-state index in [1.807, 2.05) is 0 Å². The van der Waals surface area contributed by atoms with Crippen LogP contribution in [-0.4, -0.2) is 29.7 Å². The number of pyridine rings is 1. The summed E-state index contributed by atoms with van der Waals surface area (Å²) in [6.07, 6.45) is 3.31. The summed E-state index contributed by atoms with van der Waals surface area (Å²) >= 11 is 7.43. The van der Waals surface area contributed by atoms with Crippen molar-refractivity contribution >= 4 is 33.6 Å². The summed E-state index contributed by atoms with van der Waals surface area (Å²) in [5.41, 5.74) is 1.26. The SMILES string of the molecule is O=[N+]([O-])c1ccc(Cl)c(-c2nn3c(-c4ccncc4)nnc3s2)c1. The van der Waals surface area contributed by atoms with Crippen LogP contribution in [0, 0.1) is 10.1 Å². The highest BCUT2D eigenvalue weighted by atomic mass is 35.5. The van der Waals surface area contributed by atoms with Crippen molar-refractivity contribution in [3.8, 4) is 22.0 Å². The Bertz CT molecular complexity index is 1060. The molecule has 118 valence electrons. The second-order valence-corrected chi connectivity index (χ2v) is 6.15. The quantitative estimate of drug-likeness (QED) is 0.410. The fourth-order valence-electron chi connectivity index (χ4n) is 2.20. The Balaban J connectivity index is 1.87. The van der Waals surface area contributed by atoms with Gasteiger partial charge >= 0.3 is 0 Å². The summed E-state index contributed by atoms with van der Waals surface area (Å²) in [5, 5.41) is 24.6. The van der Waals surface area contributed by atoms with Crippen molar-refractivity contribution in [2.45, 2.75) is 0 Å². The Labute approximate surface area is 143 Å². The predicted molar refractivity (Wildman–Crippen MR) is 89.0 cm³/mol. The largest absolute Gasteiger partial charge is 0.270 e. The first-order valence-corrected chi connectivity index (χ1v) is 7.90. The Kier molecular flexibility index (Phi) is 3.44. The molecule has 8 nitrogen and oxygen atoms in total. The van der Waals surface area contributed by atoms with Gasteiger partial charge in [0.2, 0.25) is 4.96 Å². The van der Waals surface area contributed by atoms with Crippen LogP contribution >= 0.6 is 22.9 Å². The summed E-state index contributed by atoms with van der Waals surface area (Å²) in [4.78, 5) is 15.0. The lowest BCUT2D eigenvalue weighted by atomic mass is 10.2. The van der Waals surface area contributed by atoms with E-state index in [2.05, 4.69) is 20.3 Å². The fourth-order valence-corrected chi connectivity index (χ4v) is 3.33. The molecule has 3 aromatic heterocycles. The molecule has 24 heavy (non-hydrogen) atoms. The molecule has 0 amide bonds. The van der Waals surface area contributed by atoms with Crippen molar-refractivity contribution in [2.75, 3.05) is 0 Å². The summed E-state index contributed by atoms with van der Waals surface area (Å²) < 4.78 is 1.59. The normalized spacial score (nSPS) is 11.0. The lowest BCUT2D eigenvalue weighted by molar-refractivity contribution is -0.384. The third kappa shape index (κ3) is 2.39. The highest BCUT2D eigenvalue weighted by molar-refractivity contribution is 7.19. The summed E-state index contributed by atoms with van der Waals surface area (Å²) in [5.74, 6) is 0.566. The van der Waals surface area contributed by atoms with Gasteiger partial charge in [0, 0.05) is 35.7 Å². The van der Waals surface area contributed by atoms with Crippen molar-refractivity contribution in [3.63, 3.8) is 0 Å². The molecule has 0 aliphatic rings. The third-order valence-corrected chi connectivity index (χ3v) is 4.58. The number of nitrogens with zero attached hydrogens (tertiary/aromatic N) is 6. The number of benzene rings is 1. The number of non-ortho nitro benzene ring substituents is 1. The second-order valence-electron chi connectivity index (χ2n) is 4.78. The van der Waals surface area contributed by atoms with Crippen LogP contribution < -0.4 is 0 Å². The summed E-state index contributed by atoms with van der Waals surface area (Å²) in [7, 11) is 0. The van der Waals surface area contributed by atoms with E-state index in [0.29, 0.717) is 26.4 Å². The maximum atomic E-state index is 11.0. The number of halogens is 1. The average molecular weight is 359 g/mol. The van der Waals surface area contributed by atoms with Crippen molar-refractivity contribution < 1.29 is 4.92 Å². The molecule has 0 aliphatic carbocycles. The van der Waals surface area contributed by atoms with E-state index >= 15 is 0 Å². The first-order valence-electron chi connectivity index (χ1n) is 6.70. The van der Waals surface area contributed by atoms with Gasteiger partial charge in [-0.05, 0) is 18.2 Å². The Hall–Kier alpha value is -2.91. The van der Waals surface area contributed by atoms with Gasteiger partial charge in [0.05, 0.1) is 9.95 Å². The molecule has 0 saturated heterocycles. The molecule has 10 heteroatoms. The number of hydrogen-bond acceptors (Lipinski definition) is 7. The zero-order valence-corrected chi connectivity index (χ0v) is 13.4. The van der Waals surface area contributed by atoms with Crippen LogP contribution in [0.25, 0.3) is 26.9 Å². The Morgan fingerprint density at radius 2 is 1.96 bits per heavy atom. The molecule has 0 atom stereocenters. The number of rotatable bonds is 3. The maximum absolute atomic E-state index is 11.0. The molecule has 4 rings (SSSR count). The lowest BCUT2D eigenvalue weighted by Crippen LogP contribution is -1.92. The highest BCUT2D eigenvalue weighted by Gasteiger charge is 2.18. The van der Waals surface area contributed by atoms with Crippen LogP contribution in [0.5, 0.6) is 0 Å². The van der Waals surface area contributed by atoms with Crippen LogP contribution in [-0.2, 0) is 0 Å². The molecular formula is C14H7ClN6O2S. The minimum absolute atomic E-state index is 0.0466. The monoisotopic (exact) mass is 358 g/mol. The van der Waals surface area contributed by atoms with Gasteiger partial charge in [0.25, 0.3) is 5.69 Å². The van der Waals surface area contributed by atoms with Gasteiger partial charge in [-0.25, -0.2) is 0 Å². The number of fused-ring (bicyclic) bond motifs is 1. The molecule has 0 bridgehead atoms. The zero-order valence-electron chi connectivity index (χ0n) is 11.8. The van der Waals surface area contributed by atoms with Gasteiger partial charge in [-0.15, -0.1) is 10.2 Å². The molecule has 0 fully saturated rings. The molecule has 4 aromatic rings. The van der Waals surface area contributed by atoms with E-state index in [1.165, 1.54) is 29.5 Å². The molecule has 0 spiro atoms. The Morgan fingerprint density at radius 1 is 1.17 bits per heavy atom. The van der Waals surface area contributed by atoms with Gasteiger partial charge in [0.15, 0.2) is 5.82 Å². The molecule has 1 aromatic carbocycles. The van der Waals surface area contributed by atoms with E-state index in [1.54, 1.807) is 29.0 Å². The van der Waals surface area contributed by atoms with Gasteiger partial charge in [-0.3, -0.25) is 15.1 Å². The first kappa shape index (κ1) is 14.7. The van der Waals surface area contributed by atoms with Gasteiger partial charge < -0.3 is 0 Å². The van der Waals surface area contributed by atoms with Crippen LogP contribution in [0.2, 0.25) is 5.02 Å². The van der Waals surface area contributed by atoms with E-state index < -0.39 is 4.92 Å². The van der Waals surface area contributed by atoms with Gasteiger partial charge in [-0.2, -0.15) is 9.61 Å². The van der Waals surface area contributed by atoms with Crippen molar-refractivity contribution in [3.05, 3.63) is 57.9 Å². The number of aromatic nitrogens is 5. The fraction of sp³-hybridized carbons (Fsp3) is 0. The molecule has 0 unspecified atom stereocenters. The smallest absolute Gasteiger partial charge is 0.265 e. The second kappa shape index (κ2) is 5.62. The van der Waals surface area contributed by atoms with Crippen LogP contribution in [0.15, 0.2) is 42.7 Å². The topological polar surface area (TPSA) is 99.1 Å². The van der Waals surface area contributed by atoms with Crippen molar-refractivity contribution in [2.24, 2.45) is 0 Å².